The van der Waals surface area contributed by atoms with Gasteiger partial charge in [-0.2, -0.15) is 13.2 Å². The quantitative estimate of drug-likeness (QED) is 0.832. The maximum absolute atomic E-state index is 12.5. The summed E-state index contributed by atoms with van der Waals surface area (Å²) >= 11 is 0. The Morgan fingerprint density at radius 1 is 1.40 bits per heavy atom. The molecule has 0 aromatic carbocycles. The van der Waals surface area contributed by atoms with Gasteiger partial charge in [-0.3, -0.25) is 0 Å². The number of hydrogen-bond acceptors (Lipinski definition) is 3. The lowest BCUT2D eigenvalue weighted by Gasteiger charge is -2.14. The van der Waals surface area contributed by atoms with Gasteiger partial charge in [0.15, 0.2) is 0 Å². The van der Waals surface area contributed by atoms with E-state index < -0.39 is 23.5 Å². The molecule has 1 N–H and O–H groups in total. The van der Waals surface area contributed by atoms with E-state index in [9.17, 15) is 13.2 Å². The van der Waals surface area contributed by atoms with Gasteiger partial charge in [0, 0.05) is 6.07 Å². The van der Waals surface area contributed by atoms with Gasteiger partial charge in [0.1, 0.15) is 0 Å². The van der Waals surface area contributed by atoms with E-state index in [0.717, 1.165) is 12.1 Å². The number of alkyl halides is 3. The first-order valence-electron chi connectivity index (χ1n) is 4.16. The highest BCUT2D eigenvalue weighted by atomic mass is 19.4. The van der Waals surface area contributed by atoms with Crippen molar-refractivity contribution in [2.75, 3.05) is 7.11 Å². The predicted octanol–water partition coefficient (Wildman–Crippen LogP) is 2.16. The van der Waals surface area contributed by atoms with Crippen LogP contribution in [-0.2, 0) is 6.18 Å². The minimum Gasteiger partial charge on any atom is -0.481 e. The van der Waals surface area contributed by atoms with E-state index in [-0.39, 0.29) is 5.88 Å². The number of aromatic nitrogens is 1. The highest BCUT2D eigenvalue weighted by Crippen LogP contribution is 2.34. The first-order chi connectivity index (χ1) is 6.86. The zero-order valence-electron chi connectivity index (χ0n) is 8.17. The van der Waals surface area contributed by atoms with Crippen LogP contribution in [0, 0.1) is 0 Å². The second-order valence-corrected chi connectivity index (χ2v) is 2.96. The van der Waals surface area contributed by atoms with Crippen molar-refractivity contribution in [3.05, 3.63) is 23.4 Å². The molecule has 0 fully saturated rings. The molecule has 0 saturated heterocycles. The average Bonchev–Trinajstić information content (AvgIpc) is 2.15. The maximum Gasteiger partial charge on any atom is 0.418 e. The van der Waals surface area contributed by atoms with E-state index in [0.29, 0.717) is 0 Å². The van der Waals surface area contributed by atoms with Gasteiger partial charge in [-0.1, -0.05) is 0 Å². The lowest BCUT2D eigenvalue weighted by atomic mass is 10.1. The second-order valence-electron chi connectivity index (χ2n) is 2.96. The number of methoxy groups -OCH3 is 1. The van der Waals surface area contributed by atoms with Gasteiger partial charge in [0.05, 0.1) is 24.5 Å². The fourth-order valence-corrected chi connectivity index (χ4v) is 1.13. The van der Waals surface area contributed by atoms with Crippen LogP contribution in [0.5, 0.6) is 5.88 Å². The third-order valence-electron chi connectivity index (χ3n) is 1.81. The van der Waals surface area contributed by atoms with Gasteiger partial charge in [-0.05, 0) is 13.0 Å². The molecule has 1 aromatic heterocycles. The number of aliphatic hydroxyl groups is 1. The molecule has 0 spiro atoms. The third kappa shape index (κ3) is 2.59. The molecule has 1 rings (SSSR count). The van der Waals surface area contributed by atoms with Gasteiger partial charge >= 0.3 is 6.18 Å². The van der Waals surface area contributed by atoms with E-state index in [1.165, 1.54) is 14.0 Å². The summed E-state index contributed by atoms with van der Waals surface area (Å²) < 4.78 is 42.0. The third-order valence-corrected chi connectivity index (χ3v) is 1.81. The fourth-order valence-electron chi connectivity index (χ4n) is 1.13. The summed E-state index contributed by atoms with van der Waals surface area (Å²) in [5.41, 5.74) is -1.37. The fraction of sp³-hybridized carbons (Fsp3) is 0.444. The largest absolute Gasteiger partial charge is 0.481 e. The SMILES string of the molecule is COc1ccc(C(F)(F)F)c(C(C)O)n1. The summed E-state index contributed by atoms with van der Waals surface area (Å²) in [5, 5.41) is 9.17. The number of halogens is 3. The number of rotatable bonds is 2. The van der Waals surface area contributed by atoms with Crippen LogP contribution < -0.4 is 4.74 Å². The van der Waals surface area contributed by atoms with E-state index in [4.69, 9.17) is 5.11 Å². The lowest BCUT2D eigenvalue weighted by Crippen LogP contribution is -2.13. The van der Waals surface area contributed by atoms with Crippen molar-refractivity contribution in [3.8, 4) is 5.88 Å². The number of aliphatic hydroxyl groups excluding tert-OH is 1. The van der Waals surface area contributed by atoms with Crippen molar-refractivity contribution in [2.45, 2.75) is 19.2 Å². The molecule has 0 saturated carbocycles. The van der Waals surface area contributed by atoms with E-state index in [2.05, 4.69) is 9.72 Å². The van der Waals surface area contributed by atoms with Crippen LogP contribution in [0.25, 0.3) is 0 Å². The molecule has 3 nitrogen and oxygen atoms in total. The van der Waals surface area contributed by atoms with Gasteiger partial charge < -0.3 is 9.84 Å². The van der Waals surface area contributed by atoms with Crippen molar-refractivity contribution in [1.82, 2.24) is 4.98 Å². The number of ether oxygens (including phenoxy) is 1. The Morgan fingerprint density at radius 3 is 2.40 bits per heavy atom. The zero-order chi connectivity index (χ0) is 11.6. The molecule has 1 unspecified atom stereocenters. The summed E-state index contributed by atoms with van der Waals surface area (Å²) in [6.45, 7) is 1.22. The van der Waals surface area contributed by atoms with Crippen LogP contribution in [0.1, 0.15) is 24.3 Å². The molecule has 0 aliphatic carbocycles. The summed E-state index contributed by atoms with van der Waals surface area (Å²) in [6.07, 6.45) is -5.82. The second kappa shape index (κ2) is 4.06. The van der Waals surface area contributed by atoms with Crippen LogP contribution in [0.2, 0.25) is 0 Å². The average molecular weight is 221 g/mol. The molecule has 0 radical (unpaired) electrons. The summed E-state index contributed by atoms with van der Waals surface area (Å²) in [7, 11) is 1.29. The van der Waals surface area contributed by atoms with Gasteiger partial charge in [0.2, 0.25) is 5.88 Å². The molecule has 0 aliphatic heterocycles. The molecular formula is C9H10F3NO2. The van der Waals surface area contributed by atoms with Crippen molar-refractivity contribution in [2.24, 2.45) is 0 Å². The molecule has 15 heavy (non-hydrogen) atoms. The number of nitrogens with zero attached hydrogens (tertiary/aromatic N) is 1. The van der Waals surface area contributed by atoms with Crippen LogP contribution in [0.3, 0.4) is 0 Å². The van der Waals surface area contributed by atoms with Crippen LogP contribution >= 0.6 is 0 Å². The lowest BCUT2D eigenvalue weighted by molar-refractivity contribution is -0.139. The first-order valence-corrected chi connectivity index (χ1v) is 4.16. The standard InChI is InChI=1S/C9H10F3NO2/c1-5(14)8-6(9(10,11)12)3-4-7(13-8)15-2/h3-5,14H,1-2H3. The summed E-state index contributed by atoms with van der Waals surface area (Å²) in [4.78, 5) is 3.56. The van der Waals surface area contributed by atoms with Crippen molar-refractivity contribution >= 4 is 0 Å². The monoisotopic (exact) mass is 221 g/mol. The van der Waals surface area contributed by atoms with Crippen molar-refractivity contribution < 1.29 is 23.0 Å². The number of pyridine rings is 1. The van der Waals surface area contributed by atoms with Crippen molar-refractivity contribution in [3.63, 3.8) is 0 Å². The Kier molecular flexibility index (Phi) is 3.18. The van der Waals surface area contributed by atoms with Gasteiger partial charge in [-0.15, -0.1) is 0 Å². The summed E-state index contributed by atoms with van der Waals surface area (Å²) in [5.74, 6) is 0.0406. The number of hydrogen-bond donors (Lipinski definition) is 1. The van der Waals surface area contributed by atoms with E-state index in [1.54, 1.807) is 0 Å². The predicted molar refractivity (Wildman–Crippen MR) is 46.4 cm³/mol. The summed E-state index contributed by atoms with van der Waals surface area (Å²) in [6, 6.07) is 1.95. The molecule has 1 aromatic rings. The zero-order valence-corrected chi connectivity index (χ0v) is 8.17. The Morgan fingerprint density at radius 2 is 2.00 bits per heavy atom. The maximum atomic E-state index is 12.5. The van der Waals surface area contributed by atoms with Crippen molar-refractivity contribution in [1.29, 1.82) is 0 Å². The Hall–Kier alpha value is -1.30. The van der Waals surface area contributed by atoms with E-state index >= 15 is 0 Å². The Balaban J connectivity index is 3.28. The normalized spacial score (nSPS) is 13.7. The minimum atomic E-state index is -4.52. The highest BCUT2D eigenvalue weighted by Gasteiger charge is 2.35. The van der Waals surface area contributed by atoms with Crippen LogP contribution in [-0.4, -0.2) is 17.2 Å². The van der Waals surface area contributed by atoms with Crippen LogP contribution in [0.15, 0.2) is 12.1 Å². The molecule has 0 amide bonds. The van der Waals surface area contributed by atoms with Gasteiger partial charge in [-0.25, -0.2) is 4.98 Å². The Labute approximate surface area is 84.5 Å². The smallest absolute Gasteiger partial charge is 0.418 e. The minimum absolute atomic E-state index is 0.0406. The molecular weight excluding hydrogens is 211 g/mol. The van der Waals surface area contributed by atoms with Crippen LogP contribution in [0.4, 0.5) is 13.2 Å². The molecule has 84 valence electrons. The molecule has 1 heterocycles. The molecule has 0 aliphatic rings. The molecule has 1 atom stereocenters. The topological polar surface area (TPSA) is 42.4 Å². The van der Waals surface area contributed by atoms with Gasteiger partial charge in [0.25, 0.3) is 0 Å². The Bertz CT molecular complexity index is 350. The van der Waals surface area contributed by atoms with E-state index in [1.807, 2.05) is 0 Å². The molecule has 6 heteroatoms. The highest BCUT2D eigenvalue weighted by molar-refractivity contribution is 5.29. The molecule has 0 bridgehead atoms. The first kappa shape index (κ1) is 11.8.